The molecule has 15 rings (SSSR count). The van der Waals surface area contributed by atoms with E-state index in [9.17, 15) is 0 Å². The molecule has 0 N–H and O–H groups in total. The number of rotatable bonds is 5. The van der Waals surface area contributed by atoms with Crippen molar-refractivity contribution >= 4 is 106 Å². The van der Waals surface area contributed by atoms with Crippen LogP contribution in [0.15, 0.2) is 194 Å². The van der Waals surface area contributed by atoms with Gasteiger partial charge in [0.1, 0.15) is 0 Å². The highest BCUT2D eigenvalue weighted by molar-refractivity contribution is 7.26. The summed E-state index contributed by atoms with van der Waals surface area (Å²) in [5, 5.41) is 2.61. The average molecular weight is 1150 g/mol. The quantitative estimate of drug-likeness (QED) is 0.159. The van der Waals surface area contributed by atoms with E-state index >= 15 is 0 Å². The van der Waals surface area contributed by atoms with Crippen LogP contribution in [0.25, 0.3) is 20.2 Å². The molecule has 0 saturated heterocycles. The van der Waals surface area contributed by atoms with Crippen LogP contribution in [-0.4, -0.2) is 6.71 Å². The third kappa shape index (κ3) is 8.06. The third-order valence-corrected chi connectivity index (χ3v) is 22.2. The fourth-order valence-corrected chi connectivity index (χ4v) is 17.3. The van der Waals surface area contributed by atoms with Gasteiger partial charge in [-0.1, -0.05) is 218 Å². The van der Waals surface area contributed by atoms with E-state index in [0.717, 1.165) is 17.1 Å². The molecule has 1 aromatic heterocycles. The lowest BCUT2D eigenvalue weighted by atomic mass is 9.33. The lowest BCUT2D eigenvalue weighted by molar-refractivity contribution is 0.520. The Morgan fingerprint density at radius 1 is 0.368 bits per heavy atom. The van der Waals surface area contributed by atoms with Crippen molar-refractivity contribution in [1.29, 1.82) is 0 Å². The molecule has 10 aromatic carbocycles. The number of fused-ring (bicyclic) bond motifs is 11. The van der Waals surface area contributed by atoms with Gasteiger partial charge >= 0.3 is 0 Å². The molecule has 4 aliphatic rings. The Bertz CT molecular complexity index is 4630. The number of benzene rings is 10. The fraction of sp³-hybridized carbons (Fsp3) is 0.268. The lowest BCUT2D eigenvalue weighted by Crippen LogP contribution is -2.62. The Hall–Kier alpha value is -8.12. The van der Waals surface area contributed by atoms with Crippen LogP contribution < -0.4 is 31.1 Å². The Morgan fingerprint density at radius 3 is 1.33 bits per heavy atom. The van der Waals surface area contributed by atoms with Crippen LogP contribution in [-0.2, 0) is 32.5 Å². The van der Waals surface area contributed by atoms with Gasteiger partial charge in [-0.2, -0.15) is 0 Å². The first-order chi connectivity index (χ1) is 41.3. The second kappa shape index (κ2) is 18.7. The summed E-state index contributed by atoms with van der Waals surface area (Å²) in [7, 11) is 0. The summed E-state index contributed by atoms with van der Waals surface area (Å²) in [4.78, 5) is 7.90. The Labute approximate surface area is 521 Å². The summed E-state index contributed by atoms with van der Waals surface area (Å²) in [6.07, 6.45) is 0. The predicted octanol–water partition coefficient (Wildman–Crippen LogP) is 20.7. The normalized spacial score (nSPS) is 16.3. The van der Waals surface area contributed by atoms with Crippen molar-refractivity contribution in [2.75, 3.05) is 14.7 Å². The minimum atomic E-state index is -0.262. The van der Waals surface area contributed by atoms with Crippen LogP contribution in [0.1, 0.15) is 164 Å². The molecule has 0 bridgehead atoms. The van der Waals surface area contributed by atoms with Gasteiger partial charge in [-0.15, -0.1) is 11.3 Å². The van der Waals surface area contributed by atoms with E-state index in [1.165, 1.54) is 137 Å². The molecule has 0 spiro atoms. The van der Waals surface area contributed by atoms with Crippen LogP contribution in [0.2, 0.25) is 0 Å². The van der Waals surface area contributed by atoms with Crippen molar-refractivity contribution in [1.82, 2.24) is 0 Å². The van der Waals surface area contributed by atoms with Gasteiger partial charge in [0.15, 0.2) is 0 Å². The highest BCUT2D eigenvalue weighted by atomic mass is 32.1. The smallest absolute Gasteiger partial charge is 0.252 e. The molecule has 5 heteroatoms. The number of hydrogen-bond donors (Lipinski definition) is 0. The number of hydrogen-bond acceptors (Lipinski definition) is 4. The maximum absolute atomic E-state index is 2.70. The molecule has 0 atom stereocenters. The van der Waals surface area contributed by atoms with E-state index in [1.54, 1.807) is 0 Å². The zero-order valence-electron chi connectivity index (χ0n) is 53.8. The van der Waals surface area contributed by atoms with E-state index in [1.807, 2.05) is 11.3 Å². The van der Waals surface area contributed by atoms with Crippen LogP contribution in [0.3, 0.4) is 0 Å². The first kappa shape index (κ1) is 55.5. The molecule has 2 aliphatic carbocycles. The summed E-state index contributed by atoms with van der Waals surface area (Å²) in [5.74, 6) is 0. The minimum Gasteiger partial charge on any atom is -0.311 e. The maximum Gasteiger partial charge on any atom is 0.252 e. The number of anilines is 9. The van der Waals surface area contributed by atoms with Crippen LogP contribution in [0.4, 0.5) is 51.2 Å². The van der Waals surface area contributed by atoms with E-state index < -0.39 is 0 Å². The molecule has 0 saturated carbocycles. The second-order valence-electron chi connectivity index (χ2n) is 30.0. The number of nitrogens with zero attached hydrogens (tertiary/aromatic N) is 3. The van der Waals surface area contributed by atoms with Gasteiger partial charge in [-0.25, -0.2) is 0 Å². The summed E-state index contributed by atoms with van der Waals surface area (Å²) in [6, 6.07) is 76.1. The Balaban J connectivity index is 1.05. The molecule has 3 heterocycles. The zero-order chi connectivity index (χ0) is 60.8. The Kier molecular flexibility index (Phi) is 11.9. The van der Waals surface area contributed by atoms with E-state index in [0.29, 0.717) is 0 Å². The van der Waals surface area contributed by atoms with E-state index in [2.05, 4.69) is 320 Å². The summed E-state index contributed by atoms with van der Waals surface area (Å²) >= 11 is 1.92. The van der Waals surface area contributed by atoms with E-state index in [-0.39, 0.29) is 39.2 Å². The molecule has 432 valence electrons. The van der Waals surface area contributed by atoms with Gasteiger partial charge in [0.2, 0.25) is 0 Å². The topological polar surface area (TPSA) is 9.72 Å². The van der Waals surface area contributed by atoms with Gasteiger partial charge in [0.05, 0.1) is 10.4 Å². The summed E-state index contributed by atoms with van der Waals surface area (Å²) in [6.45, 7) is 38.0. The molecule has 0 unspecified atom stereocenters. The molecular weight excluding hydrogens is 1070 g/mol. The molecule has 87 heavy (non-hydrogen) atoms. The van der Waals surface area contributed by atoms with E-state index in [4.69, 9.17) is 0 Å². The monoisotopic (exact) mass is 1150 g/mol. The maximum atomic E-state index is 2.70. The molecule has 0 amide bonds. The molecule has 0 fully saturated rings. The highest BCUT2D eigenvalue weighted by Gasteiger charge is 2.49. The molecule has 2 aliphatic heterocycles. The van der Waals surface area contributed by atoms with Gasteiger partial charge in [0, 0.05) is 82.6 Å². The first-order valence-corrected chi connectivity index (χ1v) is 32.4. The third-order valence-electron chi connectivity index (χ3n) is 21.0. The molecule has 11 aromatic rings. The zero-order valence-corrected chi connectivity index (χ0v) is 54.6. The SMILES string of the molecule is Cc1cc2c3c(c1)N(c1cccc4c1sc1ccccc14)c1cc4c(cc1B3c1ccc(N(c3ccc(C(C)(C)C)cc3)c3ccc(C(C)(C)C)cc3)cc1N2c1cc2c(cc1C)C(C)(C)c1ccccc1C2(C)C)C(C)(C)c1ccccc1C4(C)C. The number of thiophene rings is 1. The van der Waals surface area contributed by atoms with Gasteiger partial charge in [-0.05, 0) is 181 Å². The van der Waals surface area contributed by atoms with Crippen molar-refractivity contribution in [2.24, 2.45) is 0 Å². The largest absolute Gasteiger partial charge is 0.311 e. The highest BCUT2D eigenvalue weighted by Crippen LogP contribution is 2.57. The molecule has 0 radical (unpaired) electrons. The standard InChI is InChI=1S/C82H80BN3S/c1-49-42-72-75-73(43-49)86(69-47-64-62(44-50(69)2)79(9,10)58-26-18-20-28-60(58)81(64,13)14)70-45-55(84(53-36-32-51(33-37-53)77(3,4)5)54-38-34-52(35-39-54)78(6,7)8)40-41-66(70)83(75)67-46-63-65(82(15,16)61-29-21-19-27-59(61)80(63,11)12)48-71(67)85(72)68-30-23-25-57-56-24-17-22-31-74(56)87-76(57)68/h17-48H,1-16H3. The van der Waals surface area contributed by atoms with Crippen LogP contribution >= 0.6 is 11.3 Å². The summed E-state index contributed by atoms with van der Waals surface area (Å²) < 4.78 is 2.61. The summed E-state index contributed by atoms with van der Waals surface area (Å²) in [5.41, 5.74) is 30.1. The van der Waals surface area contributed by atoms with Crippen LogP contribution in [0.5, 0.6) is 0 Å². The fourth-order valence-electron chi connectivity index (χ4n) is 16.1. The predicted molar refractivity (Wildman–Crippen MR) is 376 cm³/mol. The van der Waals surface area contributed by atoms with Crippen molar-refractivity contribution in [3.63, 3.8) is 0 Å². The van der Waals surface area contributed by atoms with Crippen molar-refractivity contribution < 1.29 is 0 Å². The minimum absolute atomic E-state index is 0.0108. The van der Waals surface area contributed by atoms with Crippen LogP contribution in [0, 0.1) is 13.8 Å². The molecular formula is C82H80BN3S. The Morgan fingerprint density at radius 2 is 0.805 bits per heavy atom. The first-order valence-electron chi connectivity index (χ1n) is 31.6. The number of aryl methyl sites for hydroxylation is 2. The van der Waals surface area contributed by atoms with Crippen molar-refractivity contribution in [3.8, 4) is 0 Å². The van der Waals surface area contributed by atoms with Crippen molar-refractivity contribution in [3.05, 3.63) is 261 Å². The van der Waals surface area contributed by atoms with Gasteiger partial charge < -0.3 is 14.7 Å². The average Bonchev–Trinajstić information content (AvgIpc) is 0.758. The van der Waals surface area contributed by atoms with Gasteiger partial charge in [-0.3, -0.25) is 0 Å². The van der Waals surface area contributed by atoms with Gasteiger partial charge in [0.25, 0.3) is 6.71 Å². The molecule has 3 nitrogen and oxygen atoms in total. The lowest BCUT2D eigenvalue weighted by Gasteiger charge is -2.48. The van der Waals surface area contributed by atoms with Crippen molar-refractivity contribution in [2.45, 2.75) is 143 Å². The second-order valence-corrected chi connectivity index (χ2v) is 31.0.